The molecule has 1 aromatic heterocycles. The summed E-state index contributed by atoms with van der Waals surface area (Å²) in [5, 5.41) is 0.00751. The monoisotopic (exact) mass is 323 g/mol. The van der Waals surface area contributed by atoms with Crippen molar-refractivity contribution in [2.45, 2.75) is 6.92 Å². The van der Waals surface area contributed by atoms with Crippen LogP contribution in [0.1, 0.15) is 27.6 Å². The van der Waals surface area contributed by atoms with Crippen molar-refractivity contribution in [3.05, 3.63) is 52.4 Å². The van der Waals surface area contributed by atoms with Gasteiger partial charge in [-0.1, -0.05) is 17.7 Å². The topological polar surface area (TPSA) is 65.5 Å². The summed E-state index contributed by atoms with van der Waals surface area (Å²) in [6.07, 6.45) is 1.72. The zero-order chi connectivity index (χ0) is 16.1. The van der Waals surface area contributed by atoms with Gasteiger partial charge < -0.3 is 9.47 Å². The Hall–Kier alpha value is -2.47. The van der Waals surface area contributed by atoms with Crippen molar-refractivity contribution in [3.63, 3.8) is 0 Å². The summed E-state index contributed by atoms with van der Waals surface area (Å²) in [5.74, 6) is -2.05. The fraction of sp³-hybridized carbons (Fsp3) is 0.133. The van der Waals surface area contributed by atoms with Crippen molar-refractivity contribution in [1.82, 2.24) is 4.98 Å². The van der Waals surface area contributed by atoms with Crippen molar-refractivity contribution in [2.24, 2.45) is 0 Å². The molecule has 0 saturated heterocycles. The Labute approximate surface area is 130 Å². The van der Waals surface area contributed by atoms with Gasteiger partial charge in [0.25, 0.3) is 0 Å². The maximum Gasteiger partial charge on any atom is 0.344 e. The maximum atomic E-state index is 13.8. The Morgan fingerprint density at radius 3 is 2.82 bits per heavy atom. The van der Waals surface area contributed by atoms with E-state index in [1.807, 2.05) is 0 Å². The number of rotatable bonds is 5. The zero-order valence-electron chi connectivity index (χ0n) is 11.5. The molecule has 0 amide bonds. The highest BCUT2D eigenvalue weighted by Gasteiger charge is 2.22. The van der Waals surface area contributed by atoms with Crippen LogP contribution in [0.25, 0.3) is 0 Å². The predicted octanol–water partition coefficient (Wildman–Crippen LogP) is 3.66. The van der Waals surface area contributed by atoms with E-state index in [0.29, 0.717) is 6.29 Å². The summed E-state index contributed by atoms with van der Waals surface area (Å²) in [5.41, 5.74) is -0.158. The molecule has 0 radical (unpaired) electrons. The standard InChI is InChI=1S/C15H11ClFNO4/c1-2-21-15(20)12-9(8-19)6-7-18-14(12)22-13-10(16)4-3-5-11(13)17/h3-8H,2H2,1H3. The lowest BCUT2D eigenvalue weighted by molar-refractivity contribution is 0.0520. The molecule has 0 fully saturated rings. The van der Waals surface area contributed by atoms with Crippen molar-refractivity contribution in [2.75, 3.05) is 6.61 Å². The number of aromatic nitrogens is 1. The second kappa shape index (κ2) is 7.00. The average Bonchev–Trinajstić information content (AvgIpc) is 2.51. The molecular weight excluding hydrogens is 313 g/mol. The second-order valence-electron chi connectivity index (χ2n) is 4.07. The molecule has 0 bridgehead atoms. The van der Waals surface area contributed by atoms with Crippen LogP contribution in [0.4, 0.5) is 4.39 Å². The maximum absolute atomic E-state index is 13.8. The number of carbonyl (C=O) groups excluding carboxylic acids is 2. The minimum absolute atomic E-state index is 0.00751. The molecule has 0 atom stereocenters. The summed E-state index contributed by atoms with van der Waals surface area (Å²) >= 11 is 5.87. The van der Waals surface area contributed by atoms with Crippen molar-refractivity contribution >= 4 is 23.9 Å². The lowest BCUT2D eigenvalue weighted by Gasteiger charge is -2.12. The largest absolute Gasteiger partial charge is 0.462 e. The normalized spacial score (nSPS) is 10.1. The van der Waals surface area contributed by atoms with Crippen LogP contribution in [0.3, 0.4) is 0 Å². The number of nitrogens with zero attached hydrogens (tertiary/aromatic N) is 1. The van der Waals surface area contributed by atoms with Gasteiger partial charge in [-0.05, 0) is 25.1 Å². The Morgan fingerprint density at radius 2 is 2.18 bits per heavy atom. The summed E-state index contributed by atoms with van der Waals surface area (Å²) < 4.78 is 23.9. The lowest BCUT2D eigenvalue weighted by Crippen LogP contribution is -2.11. The number of carbonyl (C=O) groups is 2. The molecule has 5 nitrogen and oxygen atoms in total. The van der Waals surface area contributed by atoms with Crippen molar-refractivity contribution in [3.8, 4) is 11.6 Å². The number of halogens is 2. The molecule has 0 aliphatic carbocycles. The number of aldehydes is 1. The molecule has 114 valence electrons. The van der Waals surface area contributed by atoms with E-state index in [4.69, 9.17) is 21.1 Å². The van der Waals surface area contributed by atoms with E-state index in [1.165, 1.54) is 24.4 Å². The summed E-state index contributed by atoms with van der Waals surface area (Å²) in [6, 6.07) is 5.31. The molecule has 22 heavy (non-hydrogen) atoms. The van der Waals surface area contributed by atoms with Gasteiger partial charge in [0.1, 0.15) is 5.56 Å². The zero-order valence-corrected chi connectivity index (χ0v) is 12.3. The minimum Gasteiger partial charge on any atom is -0.462 e. The van der Waals surface area contributed by atoms with E-state index < -0.39 is 11.8 Å². The van der Waals surface area contributed by atoms with Crippen LogP contribution in [0.15, 0.2) is 30.5 Å². The molecule has 1 heterocycles. The Balaban J connectivity index is 2.51. The van der Waals surface area contributed by atoms with Crippen molar-refractivity contribution < 1.29 is 23.5 Å². The van der Waals surface area contributed by atoms with Gasteiger partial charge in [-0.2, -0.15) is 0 Å². The van der Waals surface area contributed by atoms with Gasteiger partial charge in [-0.25, -0.2) is 14.2 Å². The molecular formula is C15H11ClFNO4. The van der Waals surface area contributed by atoms with Crippen LogP contribution in [0, 0.1) is 5.82 Å². The van der Waals surface area contributed by atoms with Gasteiger partial charge in [-0.3, -0.25) is 4.79 Å². The molecule has 2 aromatic rings. The number of esters is 1. The van der Waals surface area contributed by atoms with Gasteiger partial charge in [-0.15, -0.1) is 0 Å². The van der Waals surface area contributed by atoms with Crippen LogP contribution >= 0.6 is 11.6 Å². The van der Waals surface area contributed by atoms with Gasteiger partial charge in [0.2, 0.25) is 5.88 Å². The van der Waals surface area contributed by atoms with Gasteiger partial charge in [0.05, 0.1) is 11.6 Å². The molecule has 0 unspecified atom stereocenters. The smallest absolute Gasteiger partial charge is 0.344 e. The number of hydrogen-bond acceptors (Lipinski definition) is 5. The van der Waals surface area contributed by atoms with E-state index in [-0.39, 0.29) is 34.4 Å². The molecule has 1 aromatic carbocycles. The van der Waals surface area contributed by atoms with E-state index in [2.05, 4.69) is 4.98 Å². The number of hydrogen-bond donors (Lipinski definition) is 0. The number of ether oxygens (including phenoxy) is 2. The quantitative estimate of drug-likeness (QED) is 0.620. The van der Waals surface area contributed by atoms with Crippen LogP contribution < -0.4 is 4.74 Å². The number of para-hydroxylation sites is 1. The molecule has 0 aliphatic rings. The summed E-state index contributed by atoms with van der Waals surface area (Å²) in [7, 11) is 0. The average molecular weight is 324 g/mol. The van der Waals surface area contributed by atoms with E-state index in [1.54, 1.807) is 6.92 Å². The third-order valence-corrected chi connectivity index (χ3v) is 2.97. The predicted molar refractivity (Wildman–Crippen MR) is 77.1 cm³/mol. The SMILES string of the molecule is CCOC(=O)c1c(C=O)ccnc1Oc1c(F)cccc1Cl. The van der Waals surface area contributed by atoms with Crippen LogP contribution in [-0.4, -0.2) is 23.8 Å². The highest BCUT2D eigenvalue weighted by Crippen LogP contribution is 2.33. The number of benzene rings is 1. The first-order chi connectivity index (χ1) is 10.6. The first-order valence-corrected chi connectivity index (χ1v) is 6.69. The summed E-state index contributed by atoms with van der Waals surface area (Å²) in [6.45, 7) is 1.72. The highest BCUT2D eigenvalue weighted by molar-refractivity contribution is 6.32. The molecule has 2 rings (SSSR count). The van der Waals surface area contributed by atoms with Crippen molar-refractivity contribution in [1.29, 1.82) is 0 Å². The van der Waals surface area contributed by atoms with Crippen LogP contribution in [-0.2, 0) is 4.74 Å². The highest BCUT2D eigenvalue weighted by atomic mass is 35.5. The molecule has 0 aliphatic heterocycles. The Kier molecular flexibility index (Phi) is 5.06. The van der Waals surface area contributed by atoms with Crippen LogP contribution in [0.5, 0.6) is 11.6 Å². The van der Waals surface area contributed by atoms with E-state index in [9.17, 15) is 14.0 Å². The lowest BCUT2D eigenvalue weighted by atomic mass is 10.1. The minimum atomic E-state index is -0.792. The van der Waals surface area contributed by atoms with E-state index >= 15 is 0 Å². The van der Waals surface area contributed by atoms with E-state index in [0.717, 1.165) is 6.07 Å². The molecule has 0 spiro atoms. The third-order valence-electron chi connectivity index (χ3n) is 2.67. The number of pyridine rings is 1. The van der Waals surface area contributed by atoms with Gasteiger partial charge in [0.15, 0.2) is 17.9 Å². The second-order valence-corrected chi connectivity index (χ2v) is 4.48. The third kappa shape index (κ3) is 3.23. The first-order valence-electron chi connectivity index (χ1n) is 6.31. The Bertz CT molecular complexity index is 700. The fourth-order valence-electron chi connectivity index (χ4n) is 1.72. The van der Waals surface area contributed by atoms with Crippen LogP contribution in [0.2, 0.25) is 5.02 Å². The molecule has 0 N–H and O–H groups in total. The first kappa shape index (κ1) is 15.9. The van der Waals surface area contributed by atoms with Gasteiger partial charge in [0, 0.05) is 11.8 Å². The Morgan fingerprint density at radius 1 is 1.41 bits per heavy atom. The van der Waals surface area contributed by atoms with Gasteiger partial charge >= 0.3 is 5.97 Å². The fourth-order valence-corrected chi connectivity index (χ4v) is 1.92. The molecule has 0 saturated carbocycles. The molecule has 7 heteroatoms. The summed E-state index contributed by atoms with van der Waals surface area (Å²) in [4.78, 5) is 26.9.